The Morgan fingerprint density at radius 3 is 2.30 bits per heavy atom. The van der Waals surface area contributed by atoms with Crippen molar-refractivity contribution in [3.8, 4) is 0 Å². The van der Waals surface area contributed by atoms with Crippen LogP contribution in [0.4, 0.5) is 0 Å². The number of hydrogen-bond donors (Lipinski definition) is 0. The predicted octanol–water partition coefficient (Wildman–Crippen LogP) is 4.35. The second-order valence-electron chi connectivity index (χ2n) is 6.78. The molecule has 0 N–H and O–H groups in total. The van der Waals surface area contributed by atoms with Crippen LogP contribution in [-0.2, 0) is 0 Å². The molecule has 5 heteroatoms. The molecule has 2 aromatic carbocycles. The second kappa shape index (κ2) is 8.53. The quantitative estimate of drug-likeness (QED) is 0.571. The van der Waals surface area contributed by atoms with Crippen molar-refractivity contribution in [2.45, 2.75) is 24.7 Å². The van der Waals surface area contributed by atoms with Crippen LogP contribution in [0.25, 0.3) is 0 Å². The fraction of sp³-hybridized carbons (Fsp3) is 0.318. The molecule has 0 aromatic heterocycles. The number of ketones is 2. The number of amides is 1. The van der Waals surface area contributed by atoms with Gasteiger partial charge < -0.3 is 4.90 Å². The number of carbonyl (C=O) groups is 3. The Morgan fingerprint density at radius 2 is 1.67 bits per heavy atom. The molecule has 2 aromatic rings. The van der Waals surface area contributed by atoms with Crippen LogP contribution in [0.15, 0.2) is 53.4 Å². The van der Waals surface area contributed by atoms with Crippen molar-refractivity contribution in [3.63, 3.8) is 0 Å². The highest BCUT2D eigenvalue weighted by molar-refractivity contribution is 7.98. The van der Waals surface area contributed by atoms with Gasteiger partial charge in [0.1, 0.15) is 0 Å². The van der Waals surface area contributed by atoms with E-state index in [9.17, 15) is 14.4 Å². The molecule has 4 nitrogen and oxygen atoms in total. The van der Waals surface area contributed by atoms with Crippen molar-refractivity contribution in [2.24, 2.45) is 5.92 Å². The molecule has 1 amide bonds. The molecule has 0 spiro atoms. The summed E-state index contributed by atoms with van der Waals surface area (Å²) < 4.78 is 0. The standard InChI is InChI=1S/C22H23NO3S/c1-15(24)19-7-3-4-8-20(19)22(26)23-13-5-6-17(14-23)21(25)16-9-11-18(27-2)12-10-16/h3-4,7-12,17H,5-6,13-14H2,1-2H3. The van der Waals surface area contributed by atoms with Gasteiger partial charge in [0, 0.05) is 35.0 Å². The van der Waals surface area contributed by atoms with Crippen LogP contribution in [0.2, 0.25) is 0 Å². The van der Waals surface area contributed by atoms with Crippen molar-refractivity contribution in [1.29, 1.82) is 0 Å². The summed E-state index contributed by atoms with van der Waals surface area (Å²) >= 11 is 1.64. The predicted molar refractivity (Wildman–Crippen MR) is 108 cm³/mol. The smallest absolute Gasteiger partial charge is 0.254 e. The molecule has 140 valence electrons. The van der Waals surface area contributed by atoms with Crippen LogP contribution < -0.4 is 0 Å². The van der Waals surface area contributed by atoms with E-state index >= 15 is 0 Å². The number of carbonyl (C=O) groups excluding carboxylic acids is 3. The summed E-state index contributed by atoms with van der Waals surface area (Å²) in [5.41, 5.74) is 1.54. The van der Waals surface area contributed by atoms with Gasteiger partial charge in [0.25, 0.3) is 5.91 Å². The molecule has 0 bridgehead atoms. The van der Waals surface area contributed by atoms with Crippen molar-refractivity contribution in [3.05, 3.63) is 65.2 Å². The van der Waals surface area contributed by atoms with E-state index in [2.05, 4.69) is 0 Å². The first-order valence-electron chi connectivity index (χ1n) is 9.08. The van der Waals surface area contributed by atoms with Crippen LogP contribution >= 0.6 is 11.8 Å². The number of nitrogens with zero attached hydrogens (tertiary/aromatic N) is 1. The van der Waals surface area contributed by atoms with Gasteiger partial charge in [0.05, 0.1) is 5.56 Å². The highest BCUT2D eigenvalue weighted by atomic mass is 32.2. The second-order valence-corrected chi connectivity index (χ2v) is 7.66. The van der Waals surface area contributed by atoms with E-state index in [1.165, 1.54) is 6.92 Å². The third-order valence-electron chi connectivity index (χ3n) is 4.99. The third kappa shape index (κ3) is 4.30. The van der Waals surface area contributed by atoms with Gasteiger partial charge >= 0.3 is 0 Å². The lowest BCUT2D eigenvalue weighted by molar-refractivity contribution is 0.0633. The maximum Gasteiger partial charge on any atom is 0.254 e. The largest absolute Gasteiger partial charge is 0.338 e. The maximum absolute atomic E-state index is 13.0. The van der Waals surface area contributed by atoms with Crippen LogP contribution in [0.3, 0.4) is 0 Å². The Balaban J connectivity index is 1.76. The zero-order valence-electron chi connectivity index (χ0n) is 15.6. The van der Waals surface area contributed by atoms with Gasteiger partial charge in [-0.15, -0.1) is 11.8 Å². The van der Waals surface area contributed by atoms with Crippen molar-refractivity contribution in [2.75, 3.05) is 19.3 Å². The van der Waals surface area contributed by atoms with E-state index in [4.69, 9.17) is 0 Å². The summed E-state index contributed by atoms with van der Waals surface area (Å²) in [6.07, 6.45) is 3.56. The number of benzene rings is 2. The summed E-state index contributed by atoms with van der Waals surface area (Å²) in [5.74, 6) is -0.416. The molecular formula is C22H23NO3S. The van der Waals surface area contributed by atoms with Crippen LogP contribution in [0.5, 0.6) is 0 Å². The fourth-order valence-electron chi connectivity index (χ4n) is 3.51. The van der Waals surface area contributed by atoms with Gasteiger partial charge in [0.15, 0.2) is 11.6 Å². The molecule has 1 atom stereocenters. The minimum Gasteiger partial charge on any atom is -0.338 e. The average Bonchev–Trinajstić information content (AvgIpc) is 2.72. The van der Waals surface area contributed by atoms with E-state index in [1.807, 2.05) is 30.5 Å². The summed E-state index contributed by atoms with van der Waals surface area (Å²) in [6, 6.07) is 14.5. The topological polar surface area (TPSA) is 54.5 Å². The first-order valence-corrected chi connectivity index (χ1v) is 10.3. The van der Waals surface area contributed by atoms with E-state index in [0.717, 1.165) is 17.7 Å². The monoisotopic (exact) mass is 381 g/mol. The molecule has 1 aliphatic rings. The van der Waals surface area contributed by atoms with Gasteiger partial charge in [-0.25, -0.2) is 0 Å². The third-order valence-corrected chi connectivity index (χ3v) is 5.73. The first-order chi connectivity index (χ1) is 13.0. The summed E-state index contributed by atoms with van der Waals surface area (Å²) in [7, 11) is 0. The number of likely N-dealkylation sites (tertiary alicyclic amines) is 1. The Labute approximate surface area is 163 Å². The molecule has 0 saturated carbocycles. The van der Waals surface area contributed by atoms with Gasteiger partial charge in [-0.05, 0) is 44.2 Å². The maximum atomic E-state index is 13.0. The van der Waals surface area contributed by atoms with Crippen LogP contribution in [0, 0.1) is 5.92 Å². The van der Waals surface area contributed by atoms with Crippen LogP contribution in [-0.4, -0.2) is 41.7 Å². The molecule has 1 saturated heterocycles. The molecular weight excluding hydrogens is 358 g/mol. The summed E-state index contributed by atoms with van der Waals surface area (Å²) in [4.78, 5) is 40.5. The van der Waals surface area contributed by atoms with E-state index in [0.29, 0.717) is 29.8 Å². The van der Waals surface area contributed by atoms with Crippen molar-refractivity contribution in [1.82, 2.24) is 4.90 Å². The molecule has 27 heavy (non-hydrogen) atoms. The number of thioether (sulfide) groups is 1. The van der Waals surface area contributed by atoms with Gasteiger partial charge in [-0.1, -0.05) is 30.3 Å². The van der Waals surface area contributed by atoms with E-state index in [-0.39, 0.29) is 23.4 Å². The summed E-state index contributed by atoms with van der Waals surface area (Å²) in [6.45, 7) is 2.47. The lowest BCUT2D eigenvalue weighted by Crippen LogP contribution is -2.42. The van der Waals surface area contributed by atoms with Crippen molar-refractivity contribution >= 4 is 29.2 Å². The number of piperidine rings is 1. The minimum absolute atomic E-state index is 0.0833. The Morgan fingerprint density at radius 1 is 1.00 bits per heavy atom. The van der Waals surface area contributed by atoms with Gasteiger partial charge in [-0.2, -0.15) is 0 Å². The molecule has 1 unspecified atom stereocenters. The van der Waals surface area contributed by atoms with E-state index in [1.54, 1.807) is 40.9 Å². The molecule has 1 aliphatic heterocycles. The fourth-order valence-corrected chi connectivity index (χ4v) is 3.92. The molecule has 1 heterocycles. The highest BCUT2D eigenvalue weighted by Crippen LogP contribution is 2.24. The van der Waals surface area contributed by atoms with Gasteiger partial charge in [0.2, 0.25) is 0 Å². The SMILES string of the molecule is CSc1ccc(C(=O)C2CCCN(C(=O)c3ccccc3C(C)=O)C2)cc1. The Bertz CT molecular complexity index is 860. The molecule has 3 rings (SSSR count). The van der Waals surface area contributed by atoms with E-state index < -0.39 is 0 Å². The molecule has 0 aliphatic carbocycles. The Hall–Kier alpha value is -2.40. The zero-order valence-corrected chi connectivity index (χ0v) is 16.4. The number of Topliss-reactive ketones (excluding diaryl/α,β-unsaturated/α-hetero) is 2. The molecule has 0 radical (unpaired) electrons. The zero-order chi connectivity index (χ0) is 19.4. The Kier molecular flexibility index (Phi) is 6.11. The van der Waals surface area contributed by atoms with Gasteiger partial charge in [-0.3, -0.25) is 14.4 Å². The minimum atomic E-state index is -0.202. The normalized spacial score (nSPS) is 16.8. The highest BCUT2D eigenvalue weighted by Gasteiger charge is 2.30. The average molecular weight is 381 g/mol. The van der Waals surface area contributed by atoms with Crippen LogP contribution in [0.1, 0.15) is 50.8 Å². The number of hydrogen-bond acceptors (Lipinski definition) is 4. The van der Waals surface area contributed by atoms with Crippen molar-refractivity contribution < 1.29 is 14.4 Å². The number of rotatable bonds is 5. The summed E-state index contributed by atoms with van der Waals surface area (Å²) in [5, 5.41) is 0. The lowest BCUT2D eigenvalue weighted by atomic mass is 9.89. The first kappa shape index (κ1) is 19.4. The molecule has 1 fully saturated rings. The lowest BCUT2D eigenvalue weighted by Gasteiger charge is -2.32.